The summed E-state index contributed by atoms with van der Waals surface area (Å²) in [6.07, 6.45) is 0.902. The van der Waals surface area contributed by atoms with Gasteiger partial charge in [-0.3, -0.25) is 0 Å². The normalized spacial score (nSPS) is 15.8. The fourth-order valence-electron chi connectivity index (χ4n) is 1.89. The van der Waals surface area contributed by atoms with Crippen molar-refractivity contribution in [2.75, 3.05) is 6.54 Å². The van der Waals surface area contributed by atoms with Crippen LogP contribution in [0.4, 0.5) is 4.39 Å². The molecule has 0 aliphatic carbocycles. The molecule has 0 unspecified atom stereocenters. The standard InChI is InChI=1S/C12H18FNOSi/c1-16(2,3)15-12-7-10-8-14-5-4-9(10)6-11(12)13/h6-7,14H,4-5,8H2,1-3H3. The van der Waals surface area contributed by atoms with Crippen molar-refractivity contribution in [3.8, 4) is 5.75 Å². The quantitative estimate of drug-likeness (QED) is 0.801. The first-order chi connectivity index (χ1) is 7.46. The predicted molar refractivity (Wildman–Crippen MR) is 65.8 cm³/mol. The molecule has 0 bridgehead atoms. The average molecular weight is 239 g/mol. The van der Waals surface area contributed by atoms with Crippen LogP contribution in [0.15, 0.2) is 12.1 Å². The molecule has 0 atom stereocenters. The zero-order valence-electron chi connectivity index (χ0n) is 10.1. The molecule has 0 saturated carbocycles. The highest BCUT2D eigenvalue weighted by molar-refractivity contribution is 6.70. The molecule has 2 nitrogen and oxygen atoms in total. The lowest BCUT2D eigenvalue weighted by molar-refractivity contribution is 0.490. The van der Waals surface area contributed by atoms with Gasteiger partial charge in [0.15, 0.2) is 5.82 Å². The van der Waals surface area contributed by atoms with Gasteiger partial charge in [0.05, 0.1) is 0 Å². The van der Waals surface area contributed by atoms with Crippen molar-refractivity contribution in [1.82, 2.24) is 5.32 Å². The summed E-state index contributed by atoms with van der Waals surface area (Å²) < 4.78 is 19.5. The van der Waals surface area contributed by atoms with Gasteiger partial charge in [-0.15, -0.1) is 0 Å². The molecule has 2 rings (SSSR count). The highest BCUT2D eigenvalue weighted by Crippen LogP contribution is 2.26. The Morgan fingerprint density at radius 3 is 2.69 bits per heavy atom. The summed E-state index contributed by atoms with van der Waals surface area (Å²) in [5.41, 5.74) is 2.28. The van der Waals surface area contributed by atoms with E-state index in [4.69, 9.17) is 4.43 Å². The largest absolute Gasteiger partial charge is 0.542 e. The van der Waals surface area contributed by atoms with Crippen LogP contribution in [0.5, 0.6) is 5.75 Å². The third-order valence-corrected chi connectivity index (χ3v) is 3.39. The summed E-state index contributed by atoms with van der Waals surface area (Å²) in [6, 6.07) is 3.49. The first-order valence-corrected chi connectivity index (χ1v) is 9.07. The van der Waals surface area contributed by atoms with E-state index in [1.165, 1.54) is 5.56 Å². The first-order valence-electron chi connectivity index (χ1n) is 5.67. The van der Waals surface area contributed by atoms with E-state index < -0.39 is 8.32 Å². The van der Waals surface area contributed by atoms with Crippen molar-refractivity contribution in [3.05, 3.63) is 29.1 Å². The number of halogens is 1. The second-order valence-corrected chi connectivity index (χ2v) is 9.62. The van der Waals surface area contributed by atoms with Gasteiger partial charge < -0.3 is 9.74 Å². The maximum absolute atomic E-state index is 13.8. The Bertz CT molecular complexity index is 401. The Kier molecular flexibility index (Phi) is 3.03. The molecule has 1 heterocycles. The van der Waals surface area contributed by atoms with Gasteiger partial charge in [0.25, 0.3) is 0 Å². The molecule has 0 radical (unpaired) electrons. The molecule has 1 aromatic rings. The molecule has 0 spiro atoms. The summed E-state index contributed by atoms with van der Waals surface area (Å²) in [5, 5.41) is 3.28. The lowest BCUT2D eigenvalue weighted by Crippen LogP contribution is -2.30. The average Bonchev–Trinajstić information content (AvgIpc) is 2.17. The second-order valence-electron chi connectivity index (χ2n) is 5.19. The van der Waals surface area contributed by atoms with Crippen LogP contribution in [0.25, 0.3) is 0 Å². The van der Waals surface area contributed by atoms with Crippen LogP contribution < -0.4 is 9.74 Å². The van der Waals surface area contributed by atoms with E-state index >= 15 is 0 Å². The van der Waals surface area contributed by atoms with Crippen molar-refractivity contribution in [2.45, 2.75) is 32.6 Å². The van der Waals surface area contributed by atoms with Crippen molar-refractivity contribution < 1.29 is 8.82 Å². The number of fused-ring (bicyclic) bond motifs is 1. The minimum atomic E-state index is -1.74. The molecule has 0 aromatic heterocycles. The second kappa shape index (κ2) is 4.18. The maximum atomic E-state index is 13.8. The fourth-order valence-corrected chi connectivity index (χ4v) is 2.70. The van der Waals surface area contributed by atoms with Crippen molar-refractivity contribution >= 4 is 8.32 Å². The Labute approximate surface area is 96.9 Å². The number of nitrogens with one attached hydrogen (secondary N) is 1. The molecular weight excluding hydrogens is 221 g/mol. The van der Waals surface area contributed by atoms with E-state index in [1.54, 1.807) is 6.07 Å². The summed E-state index contributed by atoms with van der Waals surface area (Å²) in [4.78, 5) is 0. The zero-order valence-corrected chi connectivity index (χ0v) is 11.1. The summed E-state index contributed by atoms with van der Waals surface area (Å²) in [5.74, 6) is 0.199. The predicted octanol–water partition coefficient (Wildman–Crippen LogP) is 2.69. The zero-order chi connectivity index (χ0) is 11.8. The molecule has 16 heavy (non-hydrogen) atoms. The minimum Gasteiger partial charge on any atom is -0.542 e. The lowest BCUT2D eigenvalue weighted by atomic mass is 10.0. The van der Waals surface area contributed by atoms with Crippen LogP contribution in [0.2, 0.25) is 19.6 Å². The van der Waals surface area contributed by atoms with Crippen LogP contribution in [0.1, 0.15) is 11.1 Å². The highest BCUT2D eigenvalue weighted by atomic mass is 28.4. The smallest absolute Gasteiger partial charge is 0.242 e. The number of hydrogen-bond acceptors (Lipinski definition) is 2. The van der Waals surface area contributed by atoms with Gasteiger partial charge in [0.2, 0.25) is 8.32 Å². The number of rotatable bonds is 2. The van der Waals surface area contributed by atoms with Gasteiger partial charge in [-0.25, -0.2) is 4.39 Å². The molecule has 1 N–H and O–H groups in total. The first kappa shape index (κ1) is 11.6. The Balaban J connectivity index is 2.32. The minimum absolute atomic E-state index is 0.219. The Morgan fingerprint density at radius 1 is 1.25 bits per heavy atom. The molecule has 0 amide bonds. The molecule has 1 aliphatic rings. The fraction of sp³-hybridized carbons (Fsp3) is 0.500. The van der Waals surface area contributed by atoms with Crippen molar-refractivity contribution in [3.63, 3.8) is 0 Å². The number of benzene rings is 1. The lowest BCUT2D eigenvalue weighted by Gasteiger charge is -2.23. The van der Waals surface area contributed by atoms with E-state index in [0.717, 1.165) is 25.1 Å². The SMILES string of the molecule is C[Si](C)(C)Oc1cc2c(cc1F)CCNC2. The summed E-state index contributed by atoms with van der Waals surface area (Å²) in [6.45, 7) is 7.93. The van der Waals surface area contributed by atoms with Crippen molar-refractivity contribution in [1.29, 1.82) is 0 Å². The van der Waals surface area contributed by atoms with E-state index in [2.05, 4.69) is 25.0 Å². The van der Waals surface area contributed by atoms with Crippen LogP contribution in [0.3, 0.4) is 0 Å². The van der Waals surface area contributed by atoms with E-state index in [1.807, 2.05) is 6.07 Å². The van der Waals surface area contributed by atoms with Crippen LogP contribution in [-0.4, -0.2) is 14.9 Å². The Hall–Kier alpha value is -0.873. The third kappa shape index (κ3) is 2.62. The maximum Gasteiger partial charge on any atom is 0.242 e. The van der Waals surface area contributed by atoms with Crippen LogP contribution in [0, 0.1) is 5.82 Å². The van der Waals surface area contributed by atoms with Gasteiger partial charge in [-0.2, -0.15) is 0 Å². The molecule has 1 aromatic carbocycles. The molecule has 88 valence electrons. The van der Waals surface area contributed by atoms with Gasteiger partial charge in [0.1, 0.15) is 5.75 Å². The van der Waals surface area contributed by atoms with Gasteiger partial charge in [0, 0.05) is 6.54 Å². The highest BCUT2D eigenvalue weighted by Gasteiger charge is 2.20. The van der Waals surface area contributed by atoms with Crippen molar-refractivity contribution in [2.24, 2.45) is 0 Å². The van der Waals surface area contributed by atoms with Crippen LogP contribution in [-0.2, 0) is 13.0 Å². The summed E-state index contributed by atoms with van der Waals surface area (Å²) >= 11 is 0. The molecule has 4 heteroatoms. The third-order valence-electron chi connectivity index (χ3n) is 2.56. The van der Waals surface area contributed by atoms with Gasteiger partial charge in [-0.1, -0.05) is 0 Å². The molecule has 1 aliphatic heterocycles. The van der Waals surface area contributed by atoms with Gasteiger partial charge >= 0.3 is 0 Å². The molecular formula is C12H18FNOSi. The Morgan fingerprint density at radius 2 is 2.00 bits per heavy atom. The molecule has 0 fully saturated rings. The molecule has 0 saturated heterocycles. The van der Waals surface area contributed by atoms with Gasteiger partial charge in [-0.05, 0) is 55.9 Å². The summed E-state index contributed by atoms with van der Waals surface area (Å²) in [7, 11) is -1.74. The van der Waals surface area contributed by atoms with E-state index in [0.29, 0.717) is 5.75 Å². The topological polar surface area (TPSA) is 21.3 Å². The number of hydrogen-bond donors (Lipinski definition) is 1. The van der Waals surface area contributed by atoms with E-state index in [-0.39, 0.29) is 5.82 Å². The van der Waals surface area contributed by atoms with Crippen LogP contribution >= 0.6 is 0 Å². The monoisotopic (exact) mass is 239 g/mol. The van der Waals surface area contributed by atoms with E-state index in [9.17, 15) is 4.39 Å².